The maximum absolute atomic E-state index is 12.4. The molecule has 0 fully saturated rings. The lowest BCUT2D eigenvalue weighted by molar-refractivity contribution is -0.118. The van der Waals surface area contributed by atoms with E-state index in [0.717, 1.165) is 11.1 Å². The van der Waals surface area contributed by atoms with Gasteiger partial charge in [-0.05, 0) is 69.2 Å². The molecular weight excluding hydrogens is 364 g/mol. The van der Waals surface area contributed by atoms with E-state index in [9.17, 15) is 13.2 Å². The van der Waals surface area contributed by atoms with E-state index in [-0.39, 0.29) is 23.5 Å². The molecule has 0 aromatic heterocycles. The van der Waals surface area contributed by atoms with Gasteiger partial charge in [0, 0.05) is 18.8 Å². The second-order valence-electron chi connectivity index (χ2n) is 6.75. The molecule has 2 rings (SSSR count). The van der Waals surface area contributed by atoms with E-state index in [1.807, 2.05) is 45.9 Å². The molecule has 2 aromatic carbocycles. The number of carbonyl (C=O) groups is 1. The van der Waals surface area contributed by atoms with Crippen LogP contribution in [0.5, 0.6) is 5.75 Å². The molecule has 0 aliphatic rings. The largest absolute Gasteiger partial charge is 0.483 e. The summed E-state index contributed by atoms with van der Waals surface area (Å²) in [7, 11) is -2.00. The number of ether oxygens (including phenoxy) is 1. The second kappa shape index (κ2) is 8.54. The standard InChI is InChI=1S/C20H26N2O4S/c1-14(2)22(5)27(24,25)18-10-8-17(9-11-18)21-20(23)13-26-19-12-15(3)6-7-16(19)4/h6-12,14H,13H2,1-5H3,(H,21,23). The average Bonchev–Trinajstić information content (AvgIpc) is 2.62. The highest BCUT2D eigenvalue weighted by Gasteiger charge is 2.22. The molecular formula is C20H26N2O4S. The van der Waals surface area contributed by atoms with Crippen molar-refractivity contribution in [2.24, 2.45) is 0 Å². The van der Waals surface area contributed by atoms with Crippen molar-refractivity contribution >= 4 is 21.6 Å². The van der Waals surface area contributed by atoms with Crippen LogP contribution < -0.4 is 10.1 Å². The second-order valence-corrected chi connectivity index (χ2v) is 8.74. The lowest BCUT2D eigenvalue weighted by Crippen LogP contribution is -2.33. The number of hydrogen-bond donors (Lipinski definition) is 1. The van der Waals surface area contributed by atoms with Crippen molar-refractivity contribution in [2.75, 3.05) is 19.0 Å². The summed E-state index contributed by atoms with van der Waals surface area (Å²) in [6.07, 6.45) is 0. The van der Waals surface area contributed by atoms with Gasteiger partial charge in [0.05, 0.1) is 4.90 Å². The Morgan fingerprint density at radius 3 is 2.33 bits per heavy atom. The van der Waals surface area contributed by atoms with Crippen LogP contribution in [0.3, 0.4) is 0 Å². The highest BCUT2D eigenvalue weighted by molar-refractivity contribution is 7.89. The highest BCUT2D eigenvalue weighted by Crippen LogP contribution is 2.20. The average molecular weight is 391 g/mol. The molecule has 0 radical (unpaired) electrons. The molecule has 0 saturated carbocycles. The minimum Gasteiger partial charge on any atom is -0.483 e. The van der Waals surface area contributed by atoms with Crippen molar-refractivity contribution in [2.45, 2.75) is 38.6 Å². The summed E-state index contributed by atoms with van der Waals surface area (Å²) in [5.74, 6) is 0.356. The highest BCUT2D eigenvalue weighted by atomic mass is 32.2. The number of anilines is 1. The number of amides is 1. The molecule has 0 bridgehead atoms. The maximum atomic E-state index is 12.4. The molecule has 2 aromatic rings. The Kier molecular flexibility index (Phi) is 6.62. The maximum Gasteiger partial charge on any atom is 0.262 e. The monoisotopic (exact) mass is 390 g/mol. The Morgan fingerprint density at radius 1 is 1.11 bits per heavy atom. The van der Waals surface area contributed by atoms with Crippen LogP contribution in [0.15, 0.2) is 47.4 Å². The van der Waals surface area contributed by atoms with Gasteiger partial charge in [-0.15, -0.1) is 0 Å². The fourth-order valence-electron chi connectivity index (χ4n) is 2.36. The van der Waals surface area contributed by atoms with Gasteiger partial charge < -0.3 is 10.1 Å². The van der Waals surface area contributed by atoms with Crippen LogP contribution in [-0.2, 0) is 14.8 Å². The van der Waals surface area contributed by atoms with E-state index >= 15 is 0 Å². The zero-order valence-electron chi connectivity index (χ0n) is 16.3. The molecule has 7 heteroatoms. The lowest BCUT2D eigenvalue weighted by atomic mass is 10.1. The number of aryl methyl sites for hydroxylation is 2. The third-order valence-corrected chi connectivity index (χ3v) is 6.29. The zero-order chi connectivity index (χ0) is 20.2. The van der Waals surface area contributed by atoms with E-state index in [0.29, 0.717) is 11.4 Å². The fourth-order valence-corrected chi connectivity index (χ4v) is 3.72. The predicted molar refractivity (Wildman–Crippen MR) is 107 cm³/mol. The summed E-state index contributed by atoms with van der Waals surface area (Å²) in [5, 5.41) is 2.70. The normalized spacial score (nSPS) is 11.7. The smallest absolute Gasteiger partial charge is 0.262 e. The predicted octanol–water partition coefficient (Wildman–Crippen LogP) is 3.35. The van der Waals surface area contributed by atoms with E-state index in [2.05, 4.69) is 5.32 Å². The minimum atomic E-state index is -3.54. The van der Waals surface area contributed by atoms with Gasteiger partial charge in [0.15, 0.2) is 6.61 Å². The van der Waals surface area contributed by atoms with Crippen LogP contribution >= 0.6 is 0 Å². The zero-order valence-corrected chi connectivity index (χ0v) is 17.1. The summed E-state index contributed by atoms with van der Waals surface area (Å²) < 4.78 is 31.8. The van der Waals surface area contributed by atoms with Gasteiger partial charge in [0.2, 0.25) is 10.0 Å². The summed E-state index contributed by atoms with van der Waals surface area (Å²) in [4.78, 5) is 12.3. The Morgan fingerprint density at radius 2 is 1.74 bits per heavy atom. The van der Waals surface area contributed by atoms with E-state index < -0.39 is 10.0 Å². The molecule has 0 spiro atoms. The summed E-state index contributed by atoms with van der Waals surface area (Å²) in [6.45, 7) is 7.36. The van der Waals surface area contributed by atoms with Gasteiger partial charge in [-0.25, -0.2) is 8.42 Å². The summed E-state index contributed by atoms with van der Waals surface area (Å²) >= 11 is 0. The summed E-state index contributed by atoms with van der Waals surface area (Å²) in [6, 6.07) is 11.8. The van der Waals surface area contributed by atoms with Crippen molar-refractivity contribution in [3.8, 4) is 5.75 Å². The lowest BCUT2D eigenvalue weighted by Gasteiger charge is -2.21. The van der Waals surface area contributed by atoms with Crippen molar-refractivity contribution < 1.29 is 17.9 Å². The Balaban J connectivity index is 2.00. The first kappa shape index (κ1) is 20.9. The van der Waals surface area contributed by atoms with E-state index in [1.165, 1.54) is 16.4 Å². The molecule has 1 amide bonds. The Bertz CT molecular complexity index is 906. The molecule has 0 saturated heterocycles. The fraction of sp³-hybridized carbons (Fsp3) is 0.350. The molecule has 0 aliphatic carbocycles. The molecule has 0 heterocycles. The van der Waals surface area contributed by atoms with Crippen molar-refractivity contribution in [1.29, 1.82) is 0 Å². The van der Waals surface area contributed by atoms with Crippen LogP contribution in [0, 0.1) is 13.8 Å². The quantitative estimate of drug-likeness (QED) is 0.787. The number of sulfonamides is 1. The van der Waals surface area contributed by atoms with Crippen LogP contribution in [0.25, 0.3) is 0 Å². The molecule has 0 unspecified atom stereocenters. The SMILES string of the molecule is Cc1ccc(C)c(OCC(=O)Nc2ccc(S(=O)(=O)N(C)C(C)C)cc2)c1. The van der Waals surface area contributed by atoms with E-state index in [1.54, 1.807) is 19.2 Å². The van der Waals surface area contributed by atoms with Gasteiger partial charge >= 0.3 is 0 Å². The van der Waals surface area contributed by atoms with Crippen LogP contribution in [0.4, 0.5) is 5.69 Å². The summed E-state index contributed by atoms with van der Waals surface area (Å²) in [5.41, 5.74) is 2.52. The van der Waals surface area contributed by atoms with Gasteiger partial charge in [-0.3, -0.25) is 4.79 Å². The number of rotatable bonds is 7. The van der Waals surface area contributed by atoms with Gasteiger partial charge in [0.1, 0.15) is 5.75 Å². The molecule has 0 aliphatic heterocycles. The first-order chi connectivity index (χ1) is 12.6. The topological polar surface area (TPSA) is 75.7 Å². The number of benzene rings is 2. The van der Waals surface area contributed by atoms with Gasteiger partial charge in [0.25, 0.3) is 5.91 Å². The first-order valence-corrected chi connectivity index (χ1v) is 10.1. The van der Waals surface area contributed by atoms with E-state index in [4.69, 9.17) is 4.74 Å². The molecule has 27 heavy (non-hydrogen) atoms. The van der Waals surface area contributed by atoms with Crippen LogP contribution in [0.2, 0.25) is 0 Å². The number of carbonyl (C=O) groups excluding carboxylic acids is 1. The number of nitrogens with zero attached hydrogens (tertiary/aromatic N) is 1. The Labute approximate surface area is 161 Å². The molecule has 146 valence electrons. The van der Waals surface area contributed by atoms with Crippen LogP contribution in [0.1, 0.15) is 25.0 Å². The minimum absolute atomic E-state index is 0.125. The molecule has 1 N–H and O–H groups in total. The van der Waals surface area contributed by atoms with Crippen molar-refractivity contribution in [3.63, 3.8) is 0 Å². The van der Waals surface area contributed by atoms with Gasteiger partial charge in [-0.2, -0.15) is 4.31 Å². The molecule has 6 nitrogen and oxygen atoms in total. The molecule has 0 atom stereocenters. The first-order valence-electron chi connectivity index (χ1n) is 8.69. The van der Waals surface area contributed by atoms with Gasteiger partial charge in [-0.1, -0.05) is 12.1 Å². The number of hydrogen-bond acceptors (Lipinski definition) is 4. The van der Waals surface area contributed by atoms with Crippen LogP contribution in [-0.4, -0.2) is 38.3 Å². The van der Waals surface area contributed by atoms with Crippen molar-refractivity contribution in [3.05, 3.63) is 53.6 Å². The third-order valence-electron chi connectivity index (χ3n) is 4.24. The Hall–Kier alpha value is -2.38. The third kappa shape index (κ3) is 5.30. The van der Waals surface area contributed by atoms with Crippen molar-refractivity contribution in [1.82, 2.24) is 4.31 Å². The number of nitrogens with one attached hydrogen (secondary N) is 1.